The lowest BCUT2D eigenvalue weighted by atomic mass is 10.1. The molecule has 0 saturated heterocycles. The number of thioether (sulfide) groups is 3. The van der Waals surface area contributed by atoms with Gasteiger partial charge in [0.2, 0.25) is 0 Å². The molecular weight excluding hydrogens is 499 g/mol. The molecule has 4 aromatic carbocycles. The fourth-order valence-corrected chi connectivity index (χ4v) is 6.50. The lowest BCUT2D eigenvalue weighted by Gasteiger charge is -2.16. The molecule has 0 unspecified atom stereocenters. The summed E-state index contributed by atoms with van der Waals surface area (Å²) in [7, 11) is 0. The number of hydrogen-bond donors (Lipinski definition) is 1. The SMILES string of the molecule is Cc1ccc(SC(NC(=O)c2ccc(C)cc2)=C(Sc2ccc(C)cc2)Sc2ccc(C)cc2)cc1. The van der Waals surface area contributed by atoms with Crippen molar-refractivity contribution in [2.75, 3.05) is 0 Å². The van der Waals surface area contributed by atoms with Crippen molar-refractivity contribution < 1.29 is 4.79 Å². The van der Waals surface area contributed by atoms with Crippen molar-refractivity contribution in [3.05, 3.63) is 134 Å². The predicted octanol–water partition coefficient (Wildman–Crippen LogP) is 9.15. The lowest BCUT2D eigenvalue weighted by Crippen LogP contribution is -2.22. The molecule has 182 valence electrons. The molecule has 0 atom stereocenters. The van der Waals surface area contributed by atoms with Crippen LogP contribution in [0.25, 0.3) is 0 Å². The van der Waals surface area contributed by atoms with E-state index in [1.54, 1.807) is 35.3 Å². The largest absolute Gasteiger partial charge is 0.315 e. The lowest BCUT2D eigenvalue weighted by molar-refractivity contribution is 0.0969. The van der Waals surface area contributed by atoms with E-state index in [0.29, 0.717) is 5.56 Å². The molecule has 4 aromatic rings. The van der Waals surface area contributed by atoms with Gasteiger partial charge in [0.25, 0.3) is 5.91 Å². The Bertz CT molecular complexity index is 1290. The van der Waals surface area contributed by atoms with Crippen molar-refractivity contribution in [2.24, 2.45) is 0 Å². The number of aryl methyl sites for hydroxylation is 4. The molecule has 36 heavy (non-hydrogen) atoms. The average molecular weight is 528 g/mol. The summed E-state index contributed by atoms with van der Waals surface area (Å²) in [6, 6.07) is 33.1. The second kappa shape index (κ2) is 12.4. The first-order chi connectivity index (χ1) is 17.4. The maximum atomic E-state index is 13.3. The molecule has 0 spiro atoms. The van der Waals surface area contributed by atoms with E-state index >= 15 is 0 Å². The molecular formula is C31H29NOS3. The van der Waals surface area contributed by atoms with Gasteiger partial charge in [0.15, 0.2) is 0 Å². The zero-order chi connectivity index (χ0) is 25.5. The summed E-state index contributed by atoms with van der Waals surface area (Å²) in [6.07, 6.45) is 0. The Hall–Kier alpha value is -2.86. The van der Waals surface area contributed by atoms with Crippen molar-refractivity contribution >= 4 is 41.2 Å². The van der Waals surface area contributed by atoms with Crippen LogP contribution in [0.4, 0.5) is 0 Å². The van der Waals surface area contributed by atoms with Gasteiger partial charge in [-0.25, -0.2) is 0 Å². The topological polar surface area (TPSA) is 29.1 Å². The molecule has 1 N–H and O–H groups in total. The summed E-state index contributed by atoms with van der Waals surface area (Å²) in [6.45, 7) is 8.28. The number of nitrogens with one attached hydrogen (secondary N) is 1. The van der Waals surface area contributed by atoms with Gasteiger partial charge in [-0.05, 0) is 76.2 Å². The summed E-state index contributed by atoms with van der Waals surface area (Å²) in [5.41, 5.74) is 5.41. The van der Waals surface area contributed by atoms with Crippen molar-refractivity contribution in [2.45, 2.75) is 42.4 Å². The maximum Gasteiger partial charge on any atom is 0.256 e. The van der Waals surface area contributed by atoms with Crippen LogP contribution in [0.15, 0.2) is 121 Å². The highest BCUT2D eigenvalue weighted by atomic mass is 32.2. The minimum atomic E-state index is -0.115. The summed E-state index contributed by atoms with van der Waals surface area (Å²) in [4.78, 5) is 16.7. The van der Waals surface area contributed by atoms with E-state index in [0.717, 1.165) is 29.5 Å². The number of benzene rings is 4. The molecule has 1 amide bonds. The van der Waals surface area contributed by atoms with Gasteiger partial charge in [0, 0.05) is 20.2 Å². The molecule has 0 aliphatic rings. The van der Waals surface area contributed by atoms with Crippen LogP contribution in [0.2, 0.25) is 0 Å². The van der Waals surface area contributed by atoms with Gasteiger partial charge in [-0.2, -0.15) is 0 Å². The van der Waals surface area contributed by atoms with E-state index in [1.807, 2.05) is 31.2 Å². The summed E-state index contributed by atoms with van der Waals surface area (Å²) >= 11 is 4.93. The van der Waals surface area contributed by atoms with Gasteiger partial charge in [-0.15, -0.1) is 0 Å². The van der Waals surface area contributed by atoms with Gasteiger partial charge < -0.3 is 5.32 Å². The second-order valence-corrected chi connectivity index (χ2v) is 12.2. The van der Waals surface area contributed by atoms with Crippen molar-refractivity contribution in [1.29, 1.82) is 0 Å². The molecule has 2 nitrogen and oxygen atoms in total. The Morgan fingerprint density at radius 1 is 0.500 bits per heavy atom. The summed E-state index contributed by atoms with van der Waals surface area (Å²) in [5, 5.41) is 4.06. The van der Waals surface area contributed by atoms with Gasteiger partial charge in [0.1, 0.15) is 5.03 Å². The third kappa shape index (κ3) is 7.57. The Morgan fingerprint density at radius 2 is 0.833 bits per heavy atom. The Morgan fingerprint density at radius 3 is 1.22 bits per heavy atom. The van der Waals surface area contributed by atoms with E-state index in [-0.39, 0.29) is 5.91 Å². The fourth-order valence-electron chi connectivity index (χ4n) is 3.26. The van der Waals surface area contributed by atoms with Crippen LogP contribution in [-0.4, -0.2) is 5.91 Å². The third-order valence-corrected chi connectivity index (χ3v) is 9.00. The normalized spacial score (nSPS) is 10.7. The van der Waals surface area contributed by atoms with Gasteiger partial charge >= 0.3 is 0 Å². The monoisotopic (exact) mass is 527 g/mol. The Balaban J connectivity index is 1.75. The molecule has 4 rings (SSSR count). The fraction of sp³-hybridized carbons (Fsp3) is 0.129. The van der Waals surface area contributed by atoms with Crippen LogP contribution >= 0.6 is 35.3 Å². The molecule has 0 saturated carbocycles. The highest BCUT2D eigenvalue weighted by Crippen LogP contribution is 2.45. The zero-order valence-electron chi connectivity index (χ0n) is 20.9. The summed E-state index contributed by atoms with van der Waals surface area (Å²) in [5.74, 6) is -0.115. The van der Waals surface area contributed by atoms with E-state index < -0.39 is 0 Å². The maximum absolute atomic E-state index is 13.3. The quantitative estimate of drug-likeness (QED) is 0.231. The molecule has 0 fully saturated rings. The zero-order valence-corrected chi connectivity index (χ0v) is 23.3. The molecule has 0 aliphatic carbocycles. The predicted molar refractivity (Wildman–Crippen MR) is 157 cm³/mol. The Kier molecular flexibility index (Phi) is 9.03. The van der Waals surface area contributed by atoms with E-state index in [2.05, 4.69) is 98.9 Å². The van der Waals surface area contributed by atoms with Crippen LogP contribution in [0.3, 0.4) is 0 Å². The first-order valence-electron chi connectivity index (χ1n) is 11.7. The molecule has 0 radical (unpaired) electrons. The number of hydrogen-bond acceptors (Lipinski definition) is 4. The van der Waals surface area contributed by atoms with Crippen molar-refractivity contribution in [3.8, 4) is 0 Å². The number of carbonyl (C=O) groups is 1. The van der Waals surface area contributed by atoms with Gasteiger partial charge in [-0.1, -0.05) is 106 Å². The highest BCUT2D eigenvalue weighted by Gasteiger charge is 2.17. The van der Waals surface area contributed by atoms with Crippen LogP contribution in [0, 0.1) is 27.7 Å². The van der Waals surface area contributed by atoms with Crippen molar-refractivity contribution in [3.63, 3.8) is 0 Å². The molecule has 0 aromatic heterocycles. The van der Waals surface area contributed by atoms with Crippen LogP contribution in [-0.2, 0) is 0 Å². The first kappa shape index (κ1) is 26.2. The average Bonchev–Trinajstić information content (AvgIpc) is 2.87. The minimum Gasteiger partial charge on any atom is -0.315 e. The third-order valence-electron chi connectivity index (χ3n) is 5.43. The van der Waals surface area contributed by atoms with Gasteiger partial charge in [0.05, 0.1) is 4.24 Å². The van der Waals surface area contributed by atoms with Crippen molar-refractivity contribution in [1.82, 2.24) is 5.32 Å². The van der Waals surface area contributed by atoms with E-state index in [9.17, 15) is 4.79 Å². The van der Waals surface area contributed by atoms with Crippen LogP contribution in [0.1, 0.15) is 32.6 Å². The number of carbonyl (C=O) groups excluding carboxylic acids is 1. The molecule has 0 aliphatic heterocycles. The minimum absolute atomic E-state index is 0.115. The van der Waals surface area contributed by atoms with Crippen LogP contribution < -0.4 is 5.32 Å². The second-order valence-electron chi connectivity index (χ2n) is 8.68. The molecule has 0 bridgehead atoms. The highest BCUT2D eigenvalue weighted by molar-refractivity contribution is 8.23. The standard InChI is InChI=1S/C31H29NOS3/c1-21-5-13-25(14-6-21)29(33)32-30(34-26-15-7-22(2)8-16-26)31(35-27-17-9-23(3)10-18-27)36-28-19-11-24(4)12-20-28/h5-20H,1-4H3,(H,32,33). The Labute approximate surface area is 227 Å². The first-order valence-corrected chi connectivity index (χ1v) is 14.2. The smallest absolute Gasteiger partial charge is 0.256 e. The van der Waals surface area contributed by atoms with Crippen LogP contribution in [0.5, 0.6) is 0 Å². The number of rotatable bonds is 8. The van der Waals surface area contributed by atoms with E-state index in [1.165, 1.54) is 16.7 Å². The number of amides is 1. The molecule has 0 heterocycles. The summed E-state index contributed by atoms with van der Waals surface area (Å²) < 4.78 is 1.02. The van der Waals surface area contributed by atoms with E-state index in [4.69, 9.17) is 0 Å². The molecule has 5 heteroatoms. The van der Waals surface area contributed by atoms with Gasteiger partial charge in [-0.3, -0.25) is 4.79 Å².